The van der Waals surface area contributed by atoms with Gasteiger partial charge in [0.25, 0.3) is 0 Å². The Bertz CT molecular complexity index is 858. The van der Waals surface area contributed by atoms with Gasteiger partial charge in [-0.15, -0.1) is 0 Å². The standard InChI is InChI=1S/C26H37B/c1-16(2)24-17(3)8-9-18-12-20(10-11-22(18)24)27-21-13-19-14-23(19)26(6,7)25(4,5)15-21/h8-12,16,19,21,23,27H,13-15H2,1-7H3. The molecule has 27 heavy (non-hydrogen) atoms. The van der Waals surface area contributed by atoms with Crippen molar-refractivity contribution in [1.29, 1.82) is 0 Å². The van der Waals surface area contributed by atoms with Crippen molar-refractivity contribution in [3.8, 4) is 0 Å². The minimum Gasteiger partial charge on any atom is -0.0836 e. The van der Waals surface area contributed by atoms with Crippen LogP contribution >= 0.6 is 0 Å². The summed E-state index contributed by atoms with van der Waals surface area (Å²) in [7, 11) is 1.25. The first-order valence-corrected chi connectivity index (χ1v) is 11.1. The highest BCUT2D eigenvalue weighted by molar-refractivity contribution is 6.55. The van der Waals surface area contributed by atoms with Crippen molar-refractivity contribution in [1.82, 2.24) is 0 Å². The average Bonchev–Trinajstić information content (AvgIpc) is 3.33. The molecule has 0 radical (unpaired) electrons. The molecule has 0 bridgehead atoms. The molecular weight excluding hydrogens is 323 g/mol. The van der Waals surface area contributed by atoms with E-state index in [1.165, 1.54) is 48.4 Å². The van der Waals surface area contributed by atoms with Crippen molar-refractivity contribution >= 4 is 23.5 Å². The summed E-state index contributed by atoms with van der Waals surface area (Å²) in [6.07, 6.45) is 4.29. The summed E-state index contributed by atoms with van der Waals surface area (Å²) < 4.78 is 0. The SMILES string of the molecule is Cc1ccc2cc(BC3CC4CC4C(C)(C)C(C)(C)C3)ccc2c1C(C)C. The molecule has 0 N–H and O–H groups in total. The monoisotopic (exact) mass is 360 g/mol. The van der Waals surface area contributed by atoms with E-state index in [4.69, 9.17) is 0 Å². The lowest BCUT2D eigenvalue weighted by molar-refractivity contribution is 0.0780. The number of benzene rings is 2. The quantitative estimate of drug-likeness (QED) is 0.541. The third-order valence-corrected chi connectivity index (χ3v) is 8.47. The maximum absolute atomic E-state index is 2.53. The first-order chi connectivity index (χ1) is 12.6. The molecule has 0 amide bonds. The number of fused-ring (bicyclic) bond motifs is 2. The molecule has 0 saturated heterocycles. The van der Waals surface area contributed by atoms with Crippen LogP contribution in [0.3, 0.4) is 0 Å². The number of hydrogen-bond acceptors (Lipinski definition) is 0. The topological polar surface area (TPSA) is 0 Å². The van der Waals surface area contributed by atoms with Crippen LogP contribution in [-0.2, 0) is 0 Å². The van der Waals surface area contributed by atoms with Crippen LogP contribution in [0.1, 0.15) is 77.8 Å². The summed E-state index contributed by atoms with van der Waals surface area (Å²) in [5, 5.41) is 2.89. The van der Waals surface area contributed by atoms with Gasteiger partial charge in [-0.25, -0.2) is 0 Å². The molecule has 0 spiro atoms. The summed E-state index contributed by atoms with van der Waals surface area (Å²) >= 11 is 0. The van der Waals surface area contributed by atoms with Crippen LogP contribution in [0.5, 0.6) is 0 Å². The number of aryl methyl sites for hydroxylation is 1. The zero-order valence-corrected chi connectivity index (χ0v) is 18.5. The molecule has 0 aromatic heterocycles. The van der Waals surface area contributed by atoms with E-state index in [1.54, 1.807) is 5.46 Å². The number of rotatable bonds is 3. The van der Waals surface area contributed by atoms with Crippen LogP contribution in [0.25, 0.3) is 10.8 Å². The smallest absolute Gasteiger partial charge is 0.0836 e. The van der Waals surface area contributed by atoms with Crippen LogP contribution in [0.4, 0.5) is 0 Å². The van der Waals surface area contributed by atoms with Gasteiger partial charge in [0.15, 0.2) is 7.28 Å². The molecule has 2 aliphatic carbocycles. The molecule has 1 heteroatoms. The van der Waals surface area contributed by atoms with E-state index in [9.17, 15) is 0 Å². The van der Waals surface area contributed by atoms with Crippen LogP contribution in [0.2, 0.25) is 5.82 Å². The highest BCUT2D eigenvalue weighted by Crippen LogP contribution is 2.65. The van der Waals surface area contributed by atoms with E-state index in [1.807, 2.05) is 0 Å². The zero-order valence-electron chi connectivity index (χ0n) is 18.5. The Morgan fingerprint density at radius 1 is 1.00 bits per heavy atom. The predicted molar refractivity (Wildman–Crippen MR) is 122 cm³/mol. The lowest BCUT2D eigenvalue weighted by Crippen LogP contribution is -2.35. The van der Waals surface area contributed by atoms with Gasteiger partial charge in [-0.1, -0.05) is 96.0 Å². The van der Waals surface area contributed by atoms with Crippen LogP contribution in [0, 0.1) is 29.6 Å². The van der Waals surface area contributed by atoms with Gasteiger partial charge in [-0.3, -0.25) is 0 Å². The molecule has 2 saturated carbocycles. The van der Waals surface area contributed by atoms with Crippen LogP contribution in [-0.4, -0.2) is 7.28 Å². The second-order valence-corrected chi connectivity index (χ2v) is 11.2. The molecule has 0 nitrogen and oxygen atoms in total. The lowest BCUT2D eigenvalue weighted by atomic mass is 9.52. The Hall–Kier alpha value is -1.24. The van der Waals surface area contributed by atoms with E-state index in [2.05, 4.69) is 78.8 Å². The molecule has 144 valence electrons. The second-order valence-electron chi connectivity index (χ2n) is 11.2. The normalized spacial score (nSPS) is 28.7. The third-order valence-electron chi connectivity index (χ3n) is 8.47. The third kappa shape index (κ3) is 3.26. The second kappa shape index (κ2) is 6.40. The summed E-state index contributed by atoms with van der Waals surface area (Å²) in [6, 6.07) is 11.9. The van der Waals surface area contributed by atoms with Gasteiger partial charge in [0, 0.05) is 0 Å². The van der Waals surface area contributed by atoms with Crippen molar-refractivity contribution in [3.05, 3.63) is 41.5 Å². The van der Waals surface area contributed by atoms with Gasteiger partial charge < -0.3 is 0 Å². The van der Waals surface area contributed by atoms with Gasteiger partial charge in [0.05, 0.1) is 0 Å². The highest BCUT2D eigenvalue weighted by Gasteiger charge is 2.56. The summed E-state index contributed by atoms with van der Waals surface area (Å²) in [6.45, 7) is 17.0. The maximum atomic E-state index is 2.53. The molecule has 3 unspecified atom stereocenters. The van der Waals surface area contributed by atoms with E-state index >= 15 is 0 Å². The fraction of sp³-hybridized carbons (Fsp3) is 0.615. The Balaban J connectivity index is 1.61. The minimum absolute atomic E-state index is 0.437. The van der Waals surface area contributed by atoms with Gasteiger partial charge in [-0.05, 0) is 63.8 Å². The van der Waals surface area contributed by atoms with Crippen molar-refractivity contribution < 1.29 is 0 Å². The molecular formula is C26H37B. The molecule has 3 atom stereocenters. The first kappa shape index (κ1) is 19.1. The van der Waals surface area contributed by atoms with E-state index in [0.717, 1.165) is 17.7 Å². The molecule has 2 aromatic rings. The van der Waals surface area contributed by atoms with Crippen molar-refractivity contribution in [3.63, 3.8) is 0 Å². The van der Waals surface area contributed by atoms with E-state index in [-0.39, 0.29) is 0 Å². The number of hydrogen-bond donors (Lipinski definition) is 0. The Morgan fingerprint density at radius 3 is 2.44 bits per heavy atom. The molecule has 2 aliphatic rings. The molecule has 4 rings (SSSR count). The Morgan fingerprint density at radius 2 is 1.74 bits per heavy atom. The average molecular weight is 360 g/mol. The van der Waals surface area contributed by atoms with Crippen molar-refractivity contribution in [2.24, 2.45) is 22.7 Å². The fourth-order valence-corrected chi connectivity index (χ4v) is 6.28. The van der Waals surface area contributed by atoms with Gasteiger partial charge in [-0.2, -0.15) is 0 Å². The summed E-state index contributed by atoms with van der Waals surface area (Å²) in [5.74, 6) is 3.37. The largest absolute Gasteiger partial charge is 0.160 e. The van der Waals surface area contributed by atoms with Crippen molar-refractivity contribution in [2.45, 2.75) is 79.5 Å². The molecule has 2 aromatic carbocycles. The molecule has 2 fully saturated rings. The minimum atomic E-state index is 0.437. The summed E-state index contributed by atoms with van der Waals surface area (Å²) in [4.78, 5) is 0. The first-order valence-electron chi connectivity index (χ1n) is 11.1. The lowest BCUT2D eigenvalue weighted by Gasteiger charge is -2.43. The molecule has 0 heterocycles. The van der Waals surface area contributed by atoms with Crippen molar-refractivity contribution in [2.75, 3.05) is 0 Å². The van der Waals surface area contributed by atoms with Gasteiger partial charge in [0.1, 0.15) is 0 Å². The molecule has 0 aliphatic heterocycles. The van der Waals surface area contributed by atoms with Gasteiger partial charge in [0.2, 0.25) is 0 Å². The Kier molecular flexibility index (Phi) is 4.52. The van der Waals surface area contributed by atoms with Crippen LogP contribution in [0.15, 0.2) is 30.3 Å². The summed E-state index contributed by atoms with van der Waals surface area (Å²) in [5.41, 5.74) is 5.42. The maximum Gasteiger partial charge on any atom is 0.160 e. The van der Waals surface area contributed by atoms with Crippen LogP contribution < -0.4 is 5.46 Å². The Labute approximate surface area is 167 Å². The fourth-order valence-electron chi connectivity index (χ4n) is 6.28. The predicted octanol–water partition coefficient (Wildman–Crippen LogP) is 6.60. The zero-order chi connectivity index (χ0) is 19.6. The van der Waals surface area contributed by atoms with E-state index in [0.29, 0.717) is 16.7 Å². The van der Waals surface area contributed by atoms with Gasteiger partial charge >= 0.3 is 0 Å². The van der Waals surface area contributed by atoms with E-state index < -0.39 is 0 Å². The highest BCUT2D eigenvalue weighted by atomic mass is 14.6.